The maximum absolute atomic E-state index is 12.2. The molecule has 21 heavy (non-hydrogen) atoms. The summed E-state index contributed by atoms with van der Waals surface area (Å²) in [6, 6.07) is 0. The molecule has 1 aliphatic rings. The lowest BCUT2D eigenvalue weighted by Crippen LogP contribution is -2.41. The predicted octanol–water partition coefficient (Wildman–Crippen LogP) is 3.14. The highest BCUT2D eigenvalue weighted by molar-refractivity contribution is 5.74. The molecular formula is C16H27NO4. The fourth-order valence-corrected chi connectivity index (χ4v) is 2.13. The molecule has 0 aromatic heterocycles. The minimum atomic E-state index is -0.535. The summed E-state index contributed by atoms with van der Waals surface area (Å²) in [5.74, 6) is -0.579. The van der Waals surface area contributed by atoms with Gasteiger partial charge in [-0.15, -0.1) is 0 Å². The van der Waals surface area contributed by atoms with Crippen LogP contribution in [0.15, 0.2) is 12.2 Å². The molecular weight excluding hydrogens is 270 g/mol. The molecule has 1 heterocycles. The maximum Gasteiger partial charge on any atom is 0.410 e. The molecule has 0 fully saturated rings. The molecule has 1 atom stereocenters. The van der Waals surface area contributed by atoms with Crippen molar-refractivity contribution >= 4 is 12.1 Å². The highest BCUT2D eigenvalue weighted by atomic mass is 16.6. The van der Waals surface area contributed by atoms with Gasteiger partial charge in [0, 0.05) is 13.1 Å². The van der Waals surface area contributed by atoms with Crippen LogP contribution in [-0.2, 0) is 14.3 Å². The predicted molar refractivity (Wildman–Crippen MR) is 80.9 cm³/mol. The molecule has 0 aromatic carbocycles. The van der Waals surface area contributed by atoms with Crippen molar-refractivity contribution in [3.05, 3.63) is 12.2 Å². The van der Waals surface area contributed by atoms with E-state index in [-0.39, 0.29) is 18.0 Å². The normalized spacial score (nSPS) is 20.2. The molecule has 5 heteroatoms. The van der Waals surface area contributed by atoms with Crippen molar-refractivity contribution in [2.45, 2.75) is 52.6 Å². The van der Waals surface area contributed by atoms with Gasteiger partial charge in [-0.25, -0.2) is 4.79 Å². The highest BCUT2D eigenvalue weighted by Gasteiger charge is 2.28. The monoisotopic (exact) mass is 297 g/mol. The molecule has 1 rings (SSSR count). The molecule has 0 bridgehead atoms. The first-order valence-electron chi connectivity index (χ1n) is 7.63. The van der Waals surface area contributed by atoms with E-state index in [4.69, 9.17) is 9.47 Å². The second-order valence-electron chi connectivity index (χ2n) is 6.22. The standard InChI is InChI=1S/C16H27NO4/c1-5-20-14(18)13-10-8-6-7-9-11-17(12-13)15(19)21-16(2,3)4/h6,8,13H,5,7,9-12H2,1-4H3. The Hall–Kier alpha value is -1.52. The number of rotatable bonds is 2. The molecule has 0 radical (unpaired) electrons. The molecule has 1 aliphatic heterocycles. The van der Waals surface area contributed by atoms with E-state index in [1.165, 1.54) is 0 Å². The Morgan fingerprint density at radius 2 is 2.00 bits per heavy atom. The van der Waals surface area contributed by atoms with Gasteiger partial charge in [-0.3, -0.25) is 4.79 Å². The molecule has 5 nitrogen and oxygen atoms in total. The van der Waals surface area contributed by atoms with Crippen molar-refractivity contribution < 1.29 is 19.1 Å². The summed E-state index contributed by atoms with van der Waals surface area (Å²) >= 11 is 0. The van der Waals surface area contributed by atoms with E-state index in [0.29, 0.717) is 26.1 Å². The summed E-state index contributed by atoms with van der Waals surface area (Å²) in [7, 11) is 0. The minimum absolute atomic E-state index is 0.252. The van der Waals surface area contributed by atoms with Gasteiger partial charge in [-0.2, -0.15) is 0 Å². The van der Waals surface area contributed by atoms with Gasteiger partial charge >= 0.3 is 12.1 Å². The molecule has 1 amide bonds. The largest absolute Gasteiger partial charge is 0.466 e. The fraction of sp³-hybridized carbons (Fsp3) is 0.750. The Morgan fingerprint density at radius 3 is 2.62 bits per heavy atom. The zero-order valence-corrected chi connectivity index (χ0v) is 13.6. The van der Waals surface area contributed by atoms with Gasteiger partial charge in [0.2, 0.25) is 0 Å². The van der Waals surface area contributed by atoms with Crippen LogP contribution in [0.1, 0.15) is 47.0 Å². The summed E-state index contributed by atoms with van der Waals surface area (Å²) in [6.45, 7) is 8.59. The van der Waals surface area contributed by atoms with Crippen LogP contribution in [0.5, 0.6) is 0 Å². The average Bonchev–Trinajstić information content (AvgIpc) is 2.48. The Morgan fingerprint density at radius 1 is 1.29 bits per heavy atom. The molecule has 1 unspecified atom stereocenters. The number of ether oxygens (including phenoxy) is 2. The SMILES string of the molecule is CCOC(=O)C1CC=CCCCN(C(=O)OC(C)(C)C)C1. The van der Waals surface area contributed by atoms with E-state index in [1.807, 2.05) is 26.8 Å². The van der Waals surface area contributed by atoms with E-state index in [1.54, 1.807) is 11.8 Å². The number of nitrogens with zero attached hydrogens (tertiary/aromatic N) is 1. The smallest absolute Gasteiger partial charge is 0.410 e. The summed E-state index contributed by atoms with van der Waals surface area (Å²) < 4.78 is 10.5. The summed E-state index contributed by atoms with van der Waals surface area (Å²) in [6.07, 6.45) is 6.06. The number of esters is 1. The van der Waals surface area contributed by atoms with E-state index in [9.17, 15) is 9.59 Å². The van der Waals surface area contributed by atoms with Crippen LogP contribution in [0.4, 0.5) is 4.79 Å². The molecule has 0 aliphatic carbocycles. The van der Waals surface area contributed by atoms with Crippen LogP contribution in [0.25, 0.3) is 0 Å². The zero-order valence-electron chi connectivity index (χ0n) is 13.6. The average molecular weight is 297 g/mol. The lowest BCUT2D eigenvalue weighted by molar-refractivity contribution is -0.148. The maximum atomic E-state index is 12.2. The van der Waals surface area contributed by atoms with E-state index in [0.717, 1.165) is 12.8 Å². The number of hydrogen-bond donors (Lipinski definition) is 0. The van der Waals surface area contributed by atoms with Crippen molar-refractivity contribution in [2.75, 3.05) is 19.7 Å². The fourth-order valence-electron chi connectivity index (χ4n) is 2.13. The molecule has 0 saturated heterocycles. The second kappa shape index (κ2) is 8.05. The van der Waals surface area contributed by atoms with E-state index < -0.39 is 5.60 Å². The number of hydrogen-bond acceptors (Lipinski definition) is 4. The van der Waals surface area contributed by atoms with Crippen molar-refractivity contribution in [1.82, 2.24) is 4.90 Å². The van der Waals surface area contributed by atoms with Crippen LogP contribution in [0.2, 0.25) is 0 Å². The highest BCUT2D eigenvalue weighted by Crippen LogP contribution is 2.17. The number of carbonyl (C=O) groups excluding carboxylic acids is 2. The van der Waals surface area contributed by atoms with Crippen molar-refractivity contribution in [1.29, 1.82) is 0 Å². The van der Waals surface area contributed by atoms with E-state index in [2.05, 4.69) is 6.08 Å². The lowest BCUT2D eigenvalue weighted by atomic mass is 10.1. The Balaban J connectivity index is 2.76. The number of amides is 1. The van der Waals surface area contributed by atoms with Crippen molar-refractivity contribution in [3.63, 3.8) is 0 Å². The van der Waals surface area contributed by atoms with Gasteiger partial charge in [0.15, 0.2) is 0 Å². The topological polar surface area (TPSA) is 55.8 Å². The Bertz CT molecular complexity index is 384. The van der Waals surface area contributed by atoms with Crippen molar-refractivity contribution in [2.24, 2.45) is 5.92 Å². The summed E-state index contributed by atoms with van der Waals surface area (Å²) in [4.78, 5) is 25.9. The Kier molecular flexibility index (Phi) is 6.72. The van der Waals surface area contributed by atoms with E-state index >= 15 is 0 Å². The third kappa shape index (κ3) is 6.65. The van der Waals surface area contributed by atoms with Crippen LogP contribution in [0.3, 0.4) is 0 Å². The first-order valence-corrected chi connectivity index (χ1v) is 7.63. The molecule has 0 spiro atoms. The van der Waals surface area contributed by atoms with Gasteiger partial charge in [-0.1, -0.05) is 12.2 Å². The third-order valence-electron chi connectivity index (χ3n) is 3.10. The molecule has 120 valence electrons. The Labute approximate surface area is 127 Å². The minimum Gasteiger partial charge on any atom is -0.466 e. The quantitative estimate of drug-likeness (QED) is 0.580. The first kappa shape index (κ1) is 17.5. The summed E-state index contributed by atoms with van der Waals surface area (Å²) in [5.41, 5.74) is -0.535. The second-order valence-corrected chi connectivity index (χ2v) is 6.22. The van der Waals surface area contributed by atoms with Gasteiger partial charge in [-0.05, 0) is 47.0 Å². The lowest BCUT2D eigenvalue weighted by Gasteiger charge is -2.29. The number of carbonyl (C=O) groups is 2. The number of allylic oxidation sites excluding steroid dienone is 2. The van der Waals surface area contributed by atoms with Crippen LogP contribution < -0.4 is 0 Å². The van der Waals surface area contributed by atoms with Gasteiger partial charge in [0.05, 0.1) is 12.5 Å². The van der Waals surface area contributed by atoms with Crippen molar-refractivity contribution in [3.8, 4) is 0 Å². The van der Waals surface area contributed by atoms with Gasteiger partial charge in [0.1, 0.15) is 5.60 Å². The van der Waals surface area contributed by atoms with Crippen LogP contribution >= 0.6 is 0 Å². The van der Waals surface area contributed by atoms with Crippen LogP contribution in [0, 0.1) is 5.92 Å². The first-order chi connectivity index (χ1) is 9.83. The molecule has 0 N–H and O–H groups in total. The van der Waals surface area contributed by atoms with Gasteiger partial charge in [0.25, 0.3) is 0 Å². The zero-order chi connectivity index (χ0) is 15.9. The summed E-state index contributed by atoms with van der Waals surface area (Å²) in [5, 5.41) is 0. The van der Waals surface area contributed by atoms with Gasteiger partial charge < -0.3 is 14.4 Å². The third-order valence-corrected chi connectivity index (χ3v) is 3.10. The van der Waals surface area contributed by atoms with Crippen LogP contribution in [-0.4, -0.2) is 42.3 Å². The molecule has 0 saturated carbocycles. The molecule has 0 aromatic rings.